The minimum atomic E-state index is -0.279. The number of amides is 1. The molecule has 0 aliphatic carbocycles. The summed E-state index contributed by atoms with van der Waals surface area (Å²) in [5, 5.41) is 3.72. The van der Waals surface area contributed by atoms with Crippen LogP contribution in [0.2, 0.25) is 0 Å². The quantitative estimate of drug-likeness (QED) is 0.642. The van der Waals surface area contributed by atoms with E-state index in [0.29, 0.717) is 5.69 Å². The second-order valence-electron chi connectivity index (χ2n) is 3.94. The predicted octanol–water partition coefficient (Wildman–Crippen LogP) is 2.98. The normalized spacial score (nSPS) is 10.9. The number of likely N-dealkylation sites (N-methyl/N-ethyl adjacent to an activating group) is 1. The van der Waals surface area contributed by atoms with E-state index in [4.69, 9.17) is 4.84 Å². The molecule has 0 unspecified atom stereocenters. The summed E-state index contributed by atoms with van der Waals surface area (Å²) in [6.07, 6.45) is 2.99. The molecule has 1 heterocycles. The highest BCUT2D eigenvalue weighted by atomic mass is 32.1. The third-order valence-electron chi connectivity index (χ3n) is 2.59. The van der Waals surface area contributed by atoms with E-state index in [1.807, 2.05) is 5.38 Å². The van der Waals surface area contributed by atoms with Gasteiger partial charge in [0.2, 0.25) is 0 Å². The highest BCUT2D eigenvalue weighted by Gasteiger charge is 2.05. The van der Waals surface area contributed by atoms with Crippen LogP contribution in [0.5, 0.6) is 0 Å². The van der Waals surface area contributed by atoms with Crippen LogP contribution in [0.25, 0.3) is 16.6 Å². The lowest BCUT2D eigenvalue weighted by molar-refractivity contribution is -0.162. The minimum absolute atomic E-state index is 0.274. The number of hydrogen-bond acceptors (Lipinski definition) is 4. The van der Waals surface area contributed by atoms with Crippen molar-refractivity contribution >= 4 is 23.3 Å². The molecule has 1 aromatic heterocycles. The number of carbonyl (C=O) groups excluding carboxylic acids is 1. The first-order valence-corrected chi connectivity index (χ1v) is 6.69. The molecular weight excluding hydrogens is 279 g/mol. The molecule has 0 saturated carbocycles. The molecule has 0 fully saturated rings. The topological polar surface area (TPSA) is 42.4 Å². The van der Waals surface area contributed by atoms with Crippen molar-refractivity contribution in [3.05, 3.63) is 47.2 Å². The lowest BCUT2D eigenvalue weighted by Gasteiger charge is -2.09. The van der Waals surface area contributed by atoms with Crippen molar-refractivity contribution in [2.24, 2.45) is 0 Å². The number of hydrogen-bond donors (Lipinski definition) is 0. The summed E-state index contributed by atoms with van der Waals surface area (Å²) < 4.78 is 12.8. The molecule has 0 aliphatic heterocycles. The van der Waals surface area contributed by atoms with Gasteiger partial charge >= 0.3 is 0 Å². The van der Waals surface area contributed by atoms with Crippen LogP contribution >= 0.6 is 11.3 Å². The van der Waals surface area contributed by atoms with E-state index in [1.54, 1.807) is 18.2 Å². The zero-order valence-corrected chi connectivity index (χ0v) is 11.9. The van der Waals surface area contributed by atoms with Gasteiger partial charge in [0.15, 0.2) is 0 Å². The molecule has 6 heteroatoms. The van der Waals surface area contributed by atoms with E-state index >= 15 is 0 Å². The molecule has 0 radical (unpaired) electrons. The monoisotopic (exact) mass is 292 g/mol. The first kappa shape index (κ1) is 14.4. The Morgan fingerprint density at radius 2 is 2.10 bits per heavy atom. The van der Waals surface area contributed by atoms with E-state index in [1.165, 1.54) is 43.7 Å². The Kier molecular flexibility index (Phi) is 4.60. The minimum Gasteiger partial charge on any atom is -0.274 e. The molecule has 0 aliphatic rings. The van der Waals surface area contributed by atoms with Crippen LogP contribution in [-0.4, -0.2) is 30.1 Å². The SMILES string of the molecule is CON(C)C(=O)/C=C/c1csc(-c2ccc(F)cc2)n1. The largest absolute Gasteiger partial charge is 0.274 e. The summed E-state index contributed by atoms with van der Waals surface area (Å²) in [6, 6.07) is 6.13. The molecule has 2 aromatic rings. The molecule has 0 atom stereocenters. The van der Waals surface area contributed by atoms with Crippen LogP contribution in [0.15, 0.2) is 35.7 Å². The lowest BCUT2D eigenvalue weighted by Crippen LogP contribution is -2.22. The average Bonchev–Trinajstić information content (AvgIpc) is 2.93. The number of carbonyl (C=O) groups is 1. The Labute approximate surface area is 120 Å². The maximum atomic E-state index is 12.8. The number of nitrogens with zero attached hydrogens (tertiary/aromatic N) is 2. The second-order valence-corrected chi connectivity index (χ2v) is 4.79. The molecule has 4 nitrogen and oxygen atoms in total. The van der Waals surface area contributed by atoms with Crippen molar-refractivity contribution in [3.63, 3.8) is 0 Å². The Morgan fingerprint density at radius 1 is 1.40 bits per heavy atom. The van der Waals surface area contributed by atoms with Gasteiger partial charge in [0.25, 0.3) is 5.91 Å². The van der Waals surface area contributed by atoms with Gasteiger partial charge in [0, 0.05) is 24.1 Å². The van der Waals surface area contributed by atoms with Crippen molar-refractivity contribution in [1.82, 2.24) is 10.0 Å². The third kappa shape index (κ3) is 3.49. The van der Waals surface area contributed by atoms with Gasteiger partial charge in [-0.15, -0.1) is 11.3 Å². The van der Waals surface area contributed by atoms with Gasteiger partial charge in [-0.25, -0.2) is 14.4 Å². The lowest BCUT2D eigenvalue weighted by atomic mass is 10.2. The molecule has 0 saturated heterocycles. The zero-order chi connectivity index (χ0) is 14.5. The maximum absolute atomic E-state index is 12.8. The predicted molar refractivity (Wildman–Crippen MR) is 76.3 cm³/mol. The standard InChI is InChI=1S/C14H13FN2O2S/c1-17(19-2)13(18)8-7-12-9-20-14(16-12)10-3-5-11(15)6-4-10/h3-9H,1-2H3/b8-7+. The van der Waals surface area contributed by atoms with Crippen LogP contribution < -0.4 is 0 Å². The van der Waals surface area contributed by atoms with Gasteiger partial charge in [-0.05, 0) is 30.3 Å². The smallest absolute Gasteiger partial charge is 0.269 e. The molecule has 1 aromatic carbocycles. The maximum Gasteiger partial charge on any atom is 0.269 e. The van der Waals surface area contributed by atoms with Gasteiger partial charge in [-0.3, -0.25) is 9.63 Å². The number of halogens is 1. The molecule has 0 spiro atoms. The van der Waals surface area contributed by atoms with Crippen molar-refractivity contribution in [2.45, 2.75) is 0 Å². The number of rotatable bonds is 4. The van der Waals surface area contributed by atoms with Gasteiger partial charge in [-0.1, -0.05) is 0 Å². The van der Waals surface area contributed by atoms with Crippen LogP contribution in [-0.2, 0) is 9.63 Å². The highest BCUT2D eigenvalue weighted by Crippen LogP contribution is 2.24. The Bertz CT molecular complexity index is 622. The Morgan fingerprint density at radius 3 is 2.75 bits per heavy atom. The molecule has 20 heavy (non-hydrogen) atoms. The Balaban J connectivity index is 2.11. The molecular formula is C14H13FN2O2S. The summed E-state index contributed by atoms with van der Waals surface area (Å²) in [4.78, 5) is 20.6. The van der Waals surface area contributed by atoms with Crippen molar-refractivity contribution in [3.8, 4) is 10.6 Å². The molecule has 1 amide bonds. The van der Waals surface area contributed by atoms with Gasteiger partial charge in [0.05, 0.1) is 12.8 Å². The summed E-state index contributed by atoms with van der Waals surface area (Å²) in [6.45, 7) is 0. The fraction of sp³-hybridized carbons (Fsp3) is 0.143. The van der Waals surface area contributed by atoms with E-state index in [0.717, 1.165) is 15.6 Å². The summed E-state index contributed by atoms with van der Waals surface area (Å²) in [5.74, 6) is -0.553. The van der Waals surface area contributed by atoms with Crippen LogP contribution in [0.1, 0.15) is 5.69 Å². The number of thiazole rings is 1. The highest BCUT2D eigenvalue weighted by molar-refractivity contribution is 7.13. The van der Waals surface area contributed by atoms with Crippen LogP contribution in [0, 0.1) is 5.82 Å². The zero-order valence-electron chi connectivity index (χ0n) is 11.0. The van der Waals surface area contributed by atoms with Crippen LogP contribution in [0.3, 0.4) is 0 Å². The van der Waals surface area contributed by atoms with Crippen LogP contribution in [0.4, 0.5) is 4.39 Å². The van der Waals surface area contributed by atoms with Gasteiger partial charge in [0.1, 0.15) is 10.8 Å². The van der Waals surface area contributed by atoms with E-state index in [9.17, 15) is 9.18 Å². The Hall–Kier alpha value is -2.05. The fourth-order valence-electron chi connectivity index (χ4n) is 1.44. The fourth-order valence-corrected chi connectivity index (χ4v) is 2.23. The van der Waals surface area contributed by atoms with Crippen molar-refractivity contribution in [2.75, 3.05) is 14.2 Å². The number of aromatic nitrogens is 1. The van der Waals surface area contributed by atoms with E-state index < -0.39 is 0 Å². The summed E-state index contributed by atoms with van der Waals surface area (Å²) >= 11 is 1.43. The van der Waals surface area contributed by atoms with Crippen molar-refractivity contribution < 1.29 is 14.0 Å². The van der Waals surface area contributed by atoms with Gasteiger partial charge < -0.3 is 0 Å². The van der Waals surface area contributed by atoms with Crippen molar-refractivity contribution in [1.29, 1.82) is 0 Å². The molecule has 2 rings (SSSR count). The number of hydroxylamine groups is 2. The first-order valence-electron chi connectivity index (χ1n) is 5.81. The second kappa shape index (κ2) is 6.40. The van der Waals surface area contributed by atoms with E-state index in [2.05, 4.69) is 4.98 Å². The summed E-state index contributed by atoms with van der Waals surface area (Å²) in [5.41, 5.74) is 1.52. The summed E-state index contributed by atoms with van der Waals surface area (Å²) in [7, 11) is 2.94. The molecule has 104 valence electrons. The number of benzene rings is 1. The average molecular weight is 292 g/mol. The molecule has 0 N–H and O–H groups in total. The third-order valence-corrected chi connectivity index (χ3v) is 3.50. The van der Waals surface area contributed by atoms with E-state index in [-0.39, 0.29) is 11.7 Å². The van der Waals surface area contributed by atoms with Gasteiger partial charge in [-0.2, -0.15) is 0 Å². The first-order chi connectivity index (χ1) is 9.60. The molecule has 0 bridgehead atoms.